The smallest absolute Gasteiger partial charge is 0.268 e. The average Bonchev–Trinajstić information content (AvgIpc) is 2.92. The largest absolute Gasteiger partial charge is 0.383 e. The van der Waals surface area contributed by atoms with Gasteiger partial charge in [-0.1, -0.05) is 12.1 Å². The minimum Gasteiger partial charge on any atom is -0.383 e. The molecule has 0 aliphatic rings. The number of benzene rings is 1. The number of nitrogens with zero attached hydrogens (tertiary/aromatic N) is 1. The van der Waals surface area contributed by atoms with Crippen LogP contribution in [0, 0.1) is 5.82 Å². The Kier molecular flexibility index (Phi) is 5.11. The summed E-state index contributed by atoms with van der Waals surface area (Å²) in [5.74, 6) is -0.409. The molecule has 1 amide bonds. The second-order valence-electron chi connectivity index (χ2n) is 4.66. The van der Waals surface area contributed by atoms with Gasteiger partial charge >= 0.3 is 0 Å². The third-order valence-corrected chi connectivity index (χ3v) is 3.24. The van der Waals surface area contributed by atoms with E-state index in [4.69, 9.17) is 4.74 Å². The van der Waals surface area contributed by atoms with Crippen molar-refractivity contribution in [3.05, 3.63) is 48.0 Å². The molecule has 0 aliphatic heterocycles. The summed E-state index contributed by atoms with van der Waals surface area (Å²) in [7, 11) is 1.59. The van der Waals surface area contributed by atoms with E-state index in [0.717, 1.165) is 11.1 Å². The van der Waals surface area contributed by atoms with Crippen molar-refractivity contribution in [2.45, 2.75) is 13.5 Å². The lowest BCUT2D eigenvalue weighted by molar-refractivity contribution is 0.0928. The Morgan fingerprint density at radius 2 is 2.00 bits per heavy atom. The topological polar surface area (TPSA) is 43.3 Å². The average molecular weight is 290 g/mol. The van der Waals surface area contributed by atoms with Crippen LogP contribution < -0.4 is 5.32 Å². The first-order valence-corrected chi connectivity index (χ1v) is 6.89. The molecular formula is C16H19FN2O2. The van der Waals surface area contributed by atoms with E-state index in [1.54, 1.807) is 19.2 Å². The number of aromatic nitrogens is 1. The van der Waals surface area contributed by atoms with Gasteiger partial charge in [-0.05, 0) is 30.7 Å². The van der Waals surface area contributed by atoms with Gasteiger partial charge in [-0.2, -0.15) is 0 Å². The van der Waals surface area contributed by atoms with Crippen molar-refractivity contribution in [1.82, 2.24) is 9.88 Å². The first-order chi connectivity index (χ1) is 10.2. The number of carbonyl (C=O) groups is 1. The van der Waals surface area contributed by atoms with Crippen molar-refractivity contribution in [1.29, 1.82) is 0 Å². The van der Waals surface area contributed by atoms with E-state index in [0.29, 0.717) is 25.4 Å². The van der Waals surface area contributed by atoms with Crippen LogP contribution >= 0.6 is 0 Å². The molecule has 0 spiro atoms. The molecule has 0 unspecified atom stereocenters. The normalized spacial score (nSPS) is 10.6. The SMILES string of the molecule is CCn1cc(-c2ccc(F)cc2)cc1C(=O)NCCOC. The fourth-order valence-electron chi connectivity index (χ4n) is 2.12. The molecule has 1 N–H and O–H groups in total. The zero-order chi connectivity index (χ0) is 15.2. The van der Waals surface area contributed by atoms with Gasteiger partial charge in [0.15, 0.2) is 0 Å². The van der Waals surface area contributed by atoms with Crippen molar-refractivity contribution in [2.24, 2.45) is 0 Å². The van der Waals surface area contributed by atoms with Crippen LogP contribution in [-0.4, -0.2) is 30.7 Å². The Morgan fingerprint density at radius 1 is 1.29 bits per heavy atom. The highest BCUT2D eigenvalue weighted by Gasteiger charge is 2.13. The first-order valence-electron chi connectivity index (χ1n) is 6.89. The Morgan fingerprint density at radius 3 is 2.62 bits per heavy atom. The number of amides is 1. The van der Waals surface area contributed by atoms with Gasteiger partial charge in [0.25, 0.3) is 5.91 Å². The molecule has 0 atom stereocenters. The summed E-state index contributed by atoms with van der Waals surface area (Å²) in [5.41, 5.74) is 2.37. The first kappa shape index (κ1) is 15.3. The Hall–Kier alpha value is -2.14. The van der Waals surface area contributed by atoms with Crippen LogP contribution in [-0.2, 0) is 11.3 Å². The molecule has 0 fully saturated rings. The minimum absolute atomic E-state index is 0.137. The Balaban J connectivity index is 2.22. The molecular weight excluding hydrogens is 271 g/mol. The molecule has 1 aromatic heterocycles. The molecule has 0 bridgehead atoms. The molecule has 0 radical (unpaired) electrons. The van der Waals surface area contributed by atoms with Crippen LogP contribution in [0.5, 0.6) is 0 Å². The maximum atomic E-state index is 13.0. The summed E-state index contributed by atoms with van der Waals surface area (Å²) >= 11 is 0. The van der Waals surface area contributed by atoms with Crippen molar-refractivity contribution < 1.29 is 13.9 Å². The summed E-state index contributed by atoms with van der Waals surface area (Å²) in [4.78, 5) is 12.2. The zero-order valence-electron chi connectivity index (χ0n) is 12.2. The van der Waals surface area contributed by atoms with Gasteiger partial charge in [0.2, 0.25) is 0 Å². The highest BCUT2D eigenvalue weighted by atomic mass is 19.1. The van der Waals surface area contributed by atoms with E-state index in [-0.39, 0.29) is 11.7 Å². The highest BCUT2D eigenvalue weighted by molar-refractivity contribution is 5.94. The fraction of sp³-hybridized carbons (Fsp3) is 0.312. The summed E-state index contributed by atoms with van der Waals surface area (Å²) in [6.45, 7) is 3.61. The number of methoxy groups -OCH3 is 1. The van der Waals surface area contributed by atoms with Crippen molar-refractivity contribution in [3.8, 4) is 11.1 Å². The monoisotopic (exact) mass is 290 g/mol. The number of hydrogen-bond acceptors (Lipinski definition) is 2. The molecule has 1 heterocycles. The Bertz CT molecular complexity index is 605. The van der Waals surface area contributed by atoms with Crippen LogP contribution in [0.1, 0.15) is 17.4 Å². The molecule has 0 saturated heterocycles. The van der Waals surface area contributed by atoms with E-state index in [2.05, 4.69) is 5.32 Å². The second-order valence-corrected chi connectivity index (χ2v) is 4.66. The van der Waals surface area contributed by atoms with Gasteiger partial charge < -0.3 is 14.6 Å². The number of nitrogens with one attached hydrogen (secondary N) is 1. The second kappa shape index (κ2) is 7.04. The number of carbonyl (C=O) groups excluding carboxylic acids is 1. The predicted octanol–water partition coefficient (Wildman–Crippen LogP) is 2.69. The summed E-state index contributed by atoms with van der Waals surface area (Å²) in [6.07, 6.45) is 1.90. The summed E-state index contributed by atoms with van der Waals surface area (Å²) in [5, 5.41) is 2.80. The lowest BCUT2D eigenvalue weighted by Crippen LogP contribution is -2.28. The third kappa shape index (κ3) is 3.70. The van der Waals surface area contributed by atoms with Crippen molar-refractivity contribution in [2.75, 3.05) is 20.3 Å². The molecule has 21 heavy (non-hydrogen) atoms. The van der Waals surface area contributed by atoms with Gasteiger partial charge in [-0.25, -0.2) is 4.39 Å². The maximum Gasteiger partial charge on any atom is 0.268 e. The van der Waals surface area contributed by atoms with Crippen molar-refractivity contribution in [3.63, 3.8) is 0 Å². The van der Waals surface area contributed by atoms with Crippen LogP contribution in [0.2, 0.25) is 0 Å². The quantitative estimate of drug-likeness (QED) is 0.831. The number of aryl methyl sites for hydroxylation is 1. The van der Waals surface area contributed by atoms with Crippen LogP contribution in [0.3, 0.4) is 0 Å². The van der Waals surface area contributed by atoms with Gasteiger partial charge in [0.05, 0.1) is 6.61 Å². The number of ether oxygens (including phenoxy) is 1. The third-order valence-electron chi connectivity index (χ3n) is 3.24. The number of halogens is 1. The van der Waals surface area contributed by atoms with Crippen LogP contribution in [0.15, 0.2) is 36.5 Å². The minimum atomic E-state index is -0.272. The molecule has 0 aliphatic carbocycles. The van der Waals surface area contributed by atoms with Gasteiger partial charge in [-0.3, -0.25) is 4.79 Å². The standard InChI is InChI=1S/C16H19FN2O2/c1-3-19-11-13(12-4-6-14(17)7-5-12)10-15(19)16(20)18-8-9-21-2/h4-7,10-11H,3,8-9H2,1-2H3,(H,18,20). The van der Waals surface area contributed by atoms with Gasteiger partial charge in [0.1, 0.15) is 11.5 Å². The summed E-state index contributed by atoms with van der Waals surface area (Å²) in [6, 6.07) is 8.06. The number of hydrogen-bond donors (Lipinski definition) is 1. The van der Waals surface area contributed by atoms with Gasteiger partial charge in [0, 0.05) is 32.0 Å². The van der Waals surface area contributed by atoms with E-state index < -0.39 is 0 Å². The molecule has 2 rings (SSSR count). The van der Waals surface area contributed by atoms with Crippen molar-refractivity contribution >= 4 is 5.91 Å². The van der Waals surface area contributed by atoms with E-state index in [1.807, 2.05) is 23.8 Å². The number of rotatable bonds is 6. The lowest BCUT2D eigenvalue weighted by Gasteiger charge is -2.06. The highest BCUT2D eigenvalue weighted by Crippen LogP contribution is 2.22. The van der Waals surface area contributed by atoms with Crippen LogP contribution in [0.4, 0.5) is 4.39 Å². The van der Waals surface area contributed by atoms with E-state index >= 15 is 0 Å². The predicted molar refractivity (Wildman–Crippen MR) is 79.7 cm³/mol. The fourth-order valence-corrected chi connectivity index (χ4v) is 2.12. The van der Waals surface area contributed by atoms with Crippen LogP contribution in [0.25, 0.3) is 11.1 Å². The molecule has 4 nitrogen and oxygen atoms in total. The molecule has 5 heteroatoms. The molecule has 2 aromatic rings. The van der Waals surface area contributed by atoms with E-state index in [9.17, 15) is 9.18 Å². The lowest BCUT2D eigenvalue weighted by atomic mass is 10.1. The maximum absolute atomic E-state index is 13.0. The van der Waals surface area contributed by atoms with E-state index in [1.165, 1.54) is 12.1 Å². The molecule has 112 valence electrons. The molecule has 0 saturated carbocycles. The summed E-state index contributed by atoms with van der Waals surface area (Å²) < 4.78 is 19.8. The molecule has 1 aromatic carbocycles. The zero-order valence-corrected chi connectivity index (χ0v) is 12.2. The Labute approximate surface area is 123 Å². The van der Waals surface area contributed by atoms with Gasteiger partial charge in [-0.15, -0.1) is 0 Å².